The van der Waals surface area contributed by atoms with Crippen LogP contribution in [0.3, 0.4) is 0 Å². The molecule has 1 amide bonds. The van der Waals surface area contributed by atoms with Crippen molar-refractivity contribution in [1.82, 2.24) is 15.3 Å². The zero-order chi connectivity index (χ0) is 16.6. The molecule has 126 valence electrons. The summed E-state index contributed by atoms with van der Waals surface area (Å²) in [7, 11) is 0. The van der Waals surface area contributed by atoms with Gasteiger partial charge < -0.3 is 15.1 Å². The van der Waals surface area contributed by atoms with Gasteiger partial charge in [0.2, 0.25) is 0 Å². The van der Waals surface area contributed by atoms with Gasteiger partial charge in [0.15, 0.2) is 0 Å². The molecule has 2 aromatic heterocycles. The summed E-state index contributed by atoms with van der Waals surface area (Å²) in [6.45, 7) is 1.16. The van der Waals surface area contributed by atoms with Gasteiger partial charge in [0.1, 0.15) is 23.6 Å². The van der Waals surface area contributed by atoms with Crippen LogP contribution in [0.25, 0.3) is 0 Å². The molecule has 1 aliphatic rings. The van der Waals surface area contributed by atoms with E-state index in [-0.39, 0.29) is 5.91 Å². The van der Waals surface area contributed by atoms with E-state index in [0.29, 0.717) is 24.6 Å². The van der Waals surface area contributed by atoms with E-state index in [1.807, 2.05) is 12.1 Å². The van der Waals surface area contributed by atoms with E-state index in [4.69, 9.17) is 4.42 Å². The van der Waals surface area contributed by atoms with E-state index in [9.17, 15) is 4.79 Å². The molecule has 0 atom stereocenters. The number of hydrogen-bond acceptors (Lipinski definition) is 5. The molecule has 2 aromatic rings. The molecule has 6 heteroatoms. The third-order valence-electron chi connectivity index (χ3n) is 4.04. The third kappa shape index (κ3) is 4.68. The molecule has 0 bridgehead atoms. The van der Waals surface area contributed by atoms with Crippen LogP contribution in [0.1, 0.15) is 48.4 Å². The van der Waals surface area contributed by atoms with Crippen LogP contribution < -0.4 is 10.6 Å². The van der Waals surface area contributed by atoms with Crippen LogP contribution in [0.15, 0.2) is 46.9 Å². The summed E-state index contributed by atoms with van der Waals surface area (Å²) < 4.78 is 5.25. The molecular formula is C18H22N4O2. The quantitative estimate of drug-likeness (QED) is 0.763. The number of rotatable bonds is 7. The average molecular weight is 326 g/mol. The Morgan fingerprint density at radius 2 is 2.25 bits per heavy atom. The first-order chi connectivity index (χ1) is 11.8. The fraction of sp³-hybridized carbons (Fsp3) is 0.389. The molecule has 3 rings (SSSR count). The molecule has 0 fully saturated rings. The minimum Gasteiger partial charge on any atom is -0.467 e. The Hall–Kier alpha value is -2.63. The van der Waals surface area contributed by atoms with Gasteiger partial charge in [0.05, 0.1) is 12.8 Å². The van der Waals surface area contributed by atoms with Crippen molar-refractivity contribution in [1.29, 1.82) is 0 Å². The van der Waals surface area contributed by atoms with Gasteiger partial charge in [-0.15, -0.1) is 0 Å². The molecule has 0 saturated carbocycles. The van der Waals surface area contributed by atoms with Crippen LogP contribution in [-0.2, 0) is 6.54 Å². The Balaban J connectivity index is 1.49. The van der Waals surface area contributed by atoms with Gasteiger partial charge in [-0.3, -0.25) is 4.79 Å². The Bertz CT molecular complexity index is 695. The molecule has 2 heterocycles. The minimum absolute atomic E-state index is 0.171. The lowest BCUT2D eigenvalue weighted by Gasteiger charge is -2.13. The largest absolute Gasteiger partial charge is 0.467 e. The molecule has 0 aromatic carbocycles. The fourth-order valence-corrected chi connectivity index (χ4v) is 2.73. The minimum atomic E-state index is -0.171. The SMILES string of the molecule is O=C(NCCC1=CCCCC1)c1cc(NCc2ccco2)ncn1. The molecule has 0 saturated heterocycles. The van der Waals surface area contributed by atoms with Gasteiger partial charge in [-0.2, -0.15) is 0 Å². The van der Waals surface area contributed by atoms with Gasteiger partial charge in [-0.05, 0) is 44.2 Å². The van der Waals surface area contributed by atoms with Crippen LogP contribution in [0.5, 0.6) is 0 Å². The molecule has 1 aliphatic carbocycles. The molecular weight excluding hydrogens is 304 g/mol. The first-order valence-corrected chi connectivity index (χ1v) is 8.35. The first-order valence-electron chi connectivity index (χ1n) is 8.35. The highest BCUT2D eigenvalue weighted by molar-refractivity contribution is 5.92. The summed E-state index contributed by atoms with van der Waals surface area (Å²) in [5.74, 6) is 1.23. The molecule has 0 unspecified atom stereocenters. The van der Waals surface area contributed by atoms with Crippen LogP contribution in [0.4, 0.5) is 5.82 Å². The second kappa shape index (κ2) is 8.29. The molecule has 6 nitrogen and oxygen atoms in total. The van der Waals surface area contributed by atoms with Crippen molar-refractivity contribution in [3.8, 4) is 0 Å². The number of aromatic nitrogens is 2. The Morgan fingerprint density at radius 1 is 1.29 bits per heavy atom. The fourth-order valence-electron chi connectivity index (χ4n) is 2.73. The van der Waals surface area contributed by atoms with E-state index >= 15 is 0 Å². The van der Waals surface area contributed by atoms with Crippen molar-refractivity contribution >= 4 is 11.7 Å². The van der Waals surface area contributed by atoms with E-state index in [1.54, 1.807) is 12.3 Å². The van der Waals surface area contributed by atoms with Crippen molar-refractivity contribution in [3.63, 3.8) is 0 Å². The monoisotopic (exact) mass is 326 g/mol. The summed E-state index contributed by atoms with van der Waals surface area (Å²) >= 11 is 0. The number of amides is 1. The predicted molar refractivity (Wildman–Crippen MR) is 91.6 cm³/mol. The number of nitrogens with one attached hydrogen (secondary N) is 2. The van der Waals surface area contributed by atoms with Crippen LogP contribution >= 0.6 is 0 Å². The number of carbonyl (C=O) groups excluding carboxylic acids is 1. The lowest BCUT2D eigenvalue weighted by Crippen LogP contribution is -2.26. The smallest absolute Gasteiger partial charge is 0.270 e. The number of hydrogen-bond donors (Lipinski definition) is 2. The second-order valence-corrected chi connectivity index (χ2v) is 5.84. The summed E-state index contributed by atoms with van der Waals surface area (Å²) in [4.78, 5) is 20.4. The summed E-state index contributed by atoms with van der Waals surface area (Å²) in [5, 5.41) is 6.04. The number of furan rings is 1. The third-order valence-corrected chi connectivity index (χ3v) is 4.04. The standard InChI is InChI=1S/C18H22N4O2/c23-18(19-9-8-14-5-2-1-3-6-14)16-11-17(22-13-21-16)20-12-15-7-4-10-24-15/h4-5,7,10-11,13H,1-3,6,8-9,12H2,(H,19,23)(H,20,21,22). The first kappa shape index (κ1) is 16.2. The van der Waals surface area contributed by atoms with Crippen LogP contribution in [-0.4, -0.2) is 22.4 Å². The van der Waals surface area contributed by atoms with Crippen molar-refractivity contribution in [2.24, 2.45) is 0 Å². The van der Waals surface area contributed by atoms with Gasteiger partial charge in [0, 0.05) is 12.6 Å². The lowest BCUT2D eigenvalue weighted by molar-refractivity contribution is 0.0949. The highest BCUT2D eigenvalue weighted by Gasteiger charge is 2.09. The molecule has 0 spiro atoms. The Labute approximate surface area is 141 Å². The maximum atomic E-state index is 12.2. The molecule has 0 aliphatic heterocycles. The summed E-state index contributed by atoms with van der Waals surface area (Å²) in [6, 6.07) is 5.36. The summed E-state index contributed by atoms with van der Waals surface area (Å²) in [5.41, 5.74) is 1.81. The average Bonchev–Trinajstić information content (AvgIpc) is 3.15. The van der Waals surface area contributed by atoms with Crippen molar-refractivity contribution in [3.05, 3.63) is 53.9 Å². The topological polar surface area (TPSA) is 80.0 Å². The zero-order valence-electron chi connectivity index (χ0n) is 13.6. The zero-order valence-corrected chi connectivity index (χ0v) is 13.6. The van der Waals surface area contributed by atoms with E-state index in [1.165, 1.54) is 31.2 Å². The predicted octanol–water partition coefficient (Wildman–Crippen LogP) is 3.30. The maximum absolute atomic E-state index is 12.2. The van der Waals surface area contributed by atoms with Gasteiger partial charge in [-0.1, -0.05) is 11.6 Å². The number of anilines is 1. The Morgan fingerprint density at radius 3 is 3.04 bits per heavy atom. The van der Waals surface area contributed by atoms with Gasteiger partial charge >= 0.3 is 0 Å². The van der Waals surface area contributed by atoms with E-state index in [2.05, 4.69) is 26.7 Å². The normalized spacial score (nSPS) is 14.1. The molecule has 24 heavy (non-hydrogen) atoms. The highest BCUT2D eigenvalue weighted by atomic mass is 16.3. The van der Waals surface area contributed by atoms with E-state index < -0.39 is 0 Å². The van der Waals surface area contributed by atoms with E-state index in [0.717, 1.165) is 18.6 Å². The van der Waals surface area contributed by atoms with Crippen LogP contribution in [0, 0.1) is 0 Å². The highest BCUT2D eigenvalue weighted by Crippen LogP contribution is 2.19. The van der Waals surface area contributed by atoms with Crippen molar-refractivity contribution in [2.75, 3.05) is 11.9 Å². The van der Waals surface area contributed by atoms with Crippen LogP contribution in [0.2, 0.25) is 0 Å². The second-order valence-electron chi connectivity index (χ2n) is 5.84. The molecule has 2 N–H and O–H groups in total. The molecule has 0 radical (unpaired) electrons. The number of allylic oxidation sites excluding steroid dienone is 1. The summed E-state index contributed by atoms with van der Waals surface area (Å²) in [6.07, 6.45) is 11.1. The number of carbonyl (C=O) groups is 1. The maximum Gasteiger partial charge on any atom is 0.270 e. The van der Waals surface area contributed by atoms with Crippen molar-refractivity contribution in [2.45, 2.75) is 38.6 Å². The Kier molecular flexibility index (Phi) is 5.61. The lowest BCUT2D eigenvalue weighted by atomic mass is 9.97. The van der Waals surface area contributed by atoms with Gasteiger partial charge in [-0.25, -0.2) is 9.97 Å². The number of nitrogens with zero attached hydrogens (tertiary/aromatic N) is 2. The van der Waals surface area contributed by atoms with Crippen molar-refractivity contribution < 1.29 is 9.21 Å². The van der Waals surface area contributed by atoms with Gasteiger partial charge in [0.25, 0.3) is 5.91 Å².